The van der Waals surface area contributed by atoms with Gasteiger partial charge in [0.2, 0.25) is 10.0 Å². The Morgan fingerprint density at radius 1 is 1.04 bits per heavy atom. The van der Waals surface area contributed by atoms with Gasteiger partial charge in [-0.05, 0) is 62.1 Å². The van der Waals surface area contributed by atoms with Crippen LogP contribution in [0.25, 0.3) is 0 Å². The highest BCUT2D eigenvalue weighted by molar-refractivity contribution is 7.89. The highest BCUT2D eigenvalue weighted by Crippen LogP contribution is 2.28. The van der Waals surface area contributed by atoms with Gasteiger partial charge in [-0.25, -0.2) is 13.2 Å². The number of benzene rings is 2. The molecule has 5 nitrogen and oxygen atoms in total. The topological polar surface area (TPSA) is 63.7 Å². The van der Waals surface area contributed by atoms with Crippen molar-refractivity contribution in [1.29, 1.82) is 0 Å². The summed E-state index contributed by atoms with van der Waals surface area (Å²) in [4.78, 5) is 12.7. The Kier molecular flexibility index (Phi) is 5.89. The number of piperidine rings is 1. The summed E-state index contributed by atoms with van der Waals surface area (Å²) in [6.07, 6.45) is 2.74. The van der Waals surface area contributed by atoms with Crippen LogP contribution < -0.4 is 4.74 Å². The van der Waals surface area contributed by atoms with Gasteiger partial charge in [-0.15, -0.1) is 0 Å². The van der Waals surface area contributed by atoms with Gasteiger partial charge in [-0.1, -0.05) is 30.2 Å². The molecule has 0 atom stereocenters. The van der Waals surface area contributed by atoms with Crippen molar-refractivity contribution < 1.29 is 17.9 Å². The third kappa shape index (κ3) is 4.34. The number of carbonyl (C=O) groups excluding carboxylic acids is 1. The van der Waals surface area contributed by atoms with E-state index >= 15 is 0 Å². The molecule has 2 aromatic rings. The molecule has 0 N–H and O–H groups in total. The number of esters is 1. The highest BCUT2D eigenvalue weighted by Gasteiger charge is 2.28. The molecule has 1 aliphatic heterocycles. The predicted octanol–water partition coefficient (Wildman–Crippen LogP) is 4.35. The number of carbonyl (C=O) groups is 1. The lowest BCUT2D eigenvalue weighted by atomic mass is 10.1. The normalized spacial score (nSPS) is 15.5. The summed E-state index contributed by atoms with van der Waals surface area (Å²) in [5.74, 6) is -0.389. The SMILES string of the molecule is Cc1ccc(Cl)c(OC(=O)c2ccc(C)c(S(=O)(=O)N3CCCCC3)c2)c1. The van der Waals surface area contributed by atoms with Gasteiger partial charge in [-0.3, -0.25) is 0 Å². The number of halogens is 1. The first-order chi connectivity index (χ1) is 12.8. The molecule has 0 saturated carbocycles. The molecule has 1 fully saturated rings. The summed E-state index contributed by atoms with van der Waals surface area (Å²) in [6, 6.07) is 9.72. The largest absolute Gasteiger partial charge is 0.421 e. The van der Waals surface area contributed by atoms with Gasteiger partial charge in [0.1, 0.15) is 5.75 Å². The number of aryl methyl sites for hydroxylation is 2. The van der Waals surface area contributed by atoms with Gasteiger partial charge >= 0.3 is 5.97 Å². The molecule has 1 heterocycles. The van der Waals surface area contributed by atoms with Crippen LogP contribution in [0.5, 0.6) is 5.75 Å². The number of rotatable bonds is 4. The standard InChI is InChI=1S/C20H22ClNO4S/c1-14-6-9-17(21)18(12-14)26-20(23)16-8-7-15(2)19(13-16)27(24,25)22-10-4-3-5-11-22/h6-9,12-13H,3-5,10-11H2,1-2H3. The minimum absolute atomic E-state index is 0.147. The second kappa shape index (κ2) is 8.00. The predicted molar refractivity (Wildman–Crippen MR) is 105 cm³/mol. The van der Waals surface area contributed by atoms with Gasteiger partial charge < -0.3 is 4.74 Å². The first-order valence-corrected chi connectivity index (χ1v) is 10.7. The van der Waals surface area contributed by atoms with Crippen LogP contribution in [0.15, 0.2) is 41.3 Å². The maximum Gasteiger partial charge on any atom is 0.343 e. The molecule has 0 unspecified atom stereocenters. The summed E-state index contributed by atoms with van der Waals surface area (Å²) in [6.45, 7) is 4.61. The molecule has 0 aromatic heterocycles. The fraction of sp³-hybridized carbons (Fsp3) is 0.350. The lowest BCUT2D eigenvalue weighted by Crippen LogP contribution is -2.36. The van der Waals surface area contributed by atoms with E-state index in [1.165, 1.54) is 10.4 Å². The van der Waals surface area contributed by atoms with E-state index in [1.54, 1.807) is 31.2 Å². The Hall–Kier alpha value is -1.89. The molecule has 144 valence electrons. The lowest BCUT2D eigenvalue weighted by Gasteiger charge is -2.26. The van der Waals surface area contributed by atoms with Gasteiger partial charge in [0.25, 0.3) is 0 Å². The zero-order chi connectivity index (χ0) is 19.6. The molecule has 0 spiro atoms. The quantitative estimate of drug-likeness (QED) is 0.558. The Balaban J connectivity index is 1.90. The second-order valence-corrected chi connectivity index (χ2v) is 9.08. The molecule has 0 aliphatic carbocycles. The summed E-state index contributed by atoms with van der Waals surface area (Å²) in [5.41, 5.74) is 1.68. The third-order valence-electron chi connectivity index (χ3n) is 4.65. The summed E-state index contributed by atoms with van der Waals surface area (Å²) in [5, 5.41) is 0.322. The fourth-order valence-corrected chi connectivity index (χ4v) is 5.02. The van der Waals surface area contributed by atoms with Crippen LogP contribution in [0.3, 0.4) is 0 Å². The van der Waals surface area contributed by atoms with Gasteiger partial charge in [0.05, 0.1) is 15.5 Å². The molecule has 27 heavy (non-hydrogen) atoms. The van der Waals surface area contributed by atoms with Crippen molar-refractivity contribution in [3.63, 3.8) is 0 Å². The maximum atomic E-state index is 13.0. The Bertz CT molecular complexity index is 966. The summed E-state index contributed by atoms with van der Waals surface area (Å²) < 4.78 is 32.9. The van der Waals surface area contributed by atoms with Crippen molar-refractivity contribution in [2.45, 2.75) is 38.0 Å². The van der Waals surface area contributed by atoms with Crippen molar-refractivity contribution in [2.75, 3.05) is 13.1 Å². The minimum Gasteiger partial charge on any atom is -0.421 e. The summed E-state index contributed by atoms with van der Waals surface area (Å²) >= 11 is 6.08. The fourth-order valence-electron chi connectivity index (χ4n) is 3.10. The summed E-state index contributed by atoms with van der Waals surface area (Å²) in [7, 11) is -3.64. The van der Waals surface area contributed by atoms with Crippen LogP contribution >= 0.6 is 11.6 Å². The highest BCUT2D eigenvalue weighted by atomic mass is 35.5. The smallest absolute Gasteiger partial charge is 0.343 e. The third-order valence-corrected chi connectivity index (χ3v) is 7.00. The van der Waals surface area contributed by atoms with Crippen molar-refractivity contribution in [3.8, 4) is 5.75 Å². The van der Waals surface area contributed by atoms with Crippen LogP contribution in [-0.2, 0) is 10.0 Å². The van der Waals surface area contributed by atoms with Crippen LogP contribution in [0.4, 0.5) is 0 Å². The van der Waals surface area contributed by atoms with Gasteiger partial charge in [0.15, 0.2) is 0 Å². The average Bonchev–Trinajstić information content (AvgIpc) is 2.65. The van der Waals surface area contributed by atoms with Crippen LogP contribution in [-0.4, -0.2) is 31.8 Å². The molecule has 7 heteroatoms. The van der Waals surface area contributed by atoms with E-state index in [4.69, 9.17) is 16.3 Å². The molecule has 0 bridgehead atoms. The number of ether oxygens (including phenoxy) is 1. The number of hydrogen-bond acceptors (Lipinski definition) is 4. The lowest BCUT2D eigenvalue weighted by molar-refractivity contribution is 0.0734. The number of hydrogen-bond donors (Lipinski definition) is 0. The van der Waals surface area contributed by atoms with E-state index in [2.05, 4.69) is 0 Å². The van der Waals surface area contributed by atoms with E-state index in [-0.39, 0.29) is 16.2 Å². The monoisotopic (exact) mass is 407 g/mol. The average molecular weight is 408 g/mol. The molecular weight excluding hydrogens is 386 g/mol. The maximum absolute atomic E-state index is 13.0. The van der Waals surface area contributed by atoms with Crippen molar-refractivity contribution in [3.05, 3.63) is 58.1 Å². The zero-order valence-electron chi connectivity index (χ0n) is 15.4. The number of nitrogens with zero attached hydrogens (tertiary/aromatic N) is 1. The van der Waals surface area contributed by atoms with E-state index < -0.39 is 16.0 Å². The Labute approximate surface area is 165 Å². The number of sulfonamides is 1. The van der Waals surface area contributed by atoms with E-state index in [9.17, 15) is 13.2 Å². The van der Waals surface area contributed by atoms with Gasteiger partial charge in [0, 0.05) is 13.1 Å². The first kappa shape index (κ1) is 19.9. The van der Waals surface area contributed by atoms with Crippen molar-refractivity contribution >= 4 is 27.6 Å². The van der Waals surface area contributed by atoms with Crippen molar-refractivity contribution in [1.82, 2.24) is 4.31 Å². The van der Waals surface area contributed by atoms with Gasteiger partial charge in [-0.2, -0.15) is 4.31 Å². The van der Waals surface area contributed by atoms with E-state index in [0.29, 0.717) is 23.7 Å². The first-order valence-electron chi connectivity index (χ1n) is 8.88. The Morgan fingerprint density at radius 2 is 1.74 bits per heavy atom. The second-order valence-electron chi connectivity index (χ2n) is 6.77. The zero-order valence-corrected chi connectivity index (χ0v) is 16.9. The molecule has 0 radical (unpaired) electrons. The van der Waals surface area contributed by atoms with E-state index in [0.717, 1.165) is 24.8 Å². The van der Waals surface area contributed by atoms with Crippen molar-refractivity contribution in [2.24, 2.45) is 0 Å². The Morgan fingerprint density at radius 3 is 2.44 bits per heavy atom. The molecule has 0 amide bonds. The van der Waals surface area contributed by atoms with Crippen LogP contribution in [0, 0.1) is 13.8 Å². The molecule has 1 aliphatic rings. The molecule has 2 aromatic carbocycles. The molecule has 1 saturated heterocycles. The van der Waals surface area contributed by atoms with E-state index in [1.807, 2.05) is 13.0 Å². The minimum atomic E-state index is -3.64. The van der Waals surface area contributed by atoms with Crippen LogP contribution in [0.2, 0.25) is 5.02 Å². The molecule has 3 rings (SSSR count). The molecular formula is C20H22ClNO4S. The van der Waals surface area contributed by atoms with Crippen LogP contribution in [0.1, 0.15) is 40.7 Å².